The molecule has 0 saturated carbocycles. The number of benzene rings is 2. The van der Waals surface area contributed by atoms with Gasteiger partial charge >= 0.3 is 0 Å². The Kier molecular flexibility index (Phi) is 3.13. The summed E-state index contributed by atoms with van der Waals surface area (Å²) >= 11 is 5.69. The molecule has 0 bridgehead atoms. The van der Waals surface area contributed by atoms with E-state index in [0.717, 1.165) is 11.4 Å². The van der Waals surface area contributed by atoms with Crippen molar-refractivity contribution in [1.82, 2.24) is 0 Å². The van der Waals surface area contributed by atoms with Gasteiger partial charge in [-0.1, -0.05) is 24.3 Å². The number of para-hydroxylation sites is 4. The lowest BCUT2D eigenvalue weighted by Crippen LogP contribution is -2.28. The van der Waals surface area contributed by atoms with Crippen molar-refractivity contribution in [2.45, 2.75) is 6.42 Å². The summed E-state index contributed by atoms with van der Waals surface area (Å²) in [5.41, 5.74) is 1.52. The van der Waals surface area contributed by atoms with Crippen molar-refractivity contribution in [3.63, 3.8) is 0 Å². The highest BCUT2D eigenvalue weighted by Gasteiger charge is 2.27. The van der Waals surface area contributed by atoms with Gasteiger partial charge in [0.05, 0.1) is 11.4 Å². The highest BCUT2D eigenvalue weighted by Crippen LogP contribution is 2.46. The smallest absolute Gasteiger partial charge is 0.232 e. The fraction of sp³-hybridized carbons (Fsp3) is 0.133. The minimum absolute atomic E-state index is 0.0294. The number of ether oxygens (including phenoxy) is 1. The second-order valence-electron chi connectivity index (χ2n) is 4.21. The first-order valence-electron chi connectivity index (χ1n) is 6.06. The minimum Gasteiger partial charge on any atom is -0.453 e. The van der Waals surface area contributed by atoms with Crippen LogP contribution in [0.3, 0.4) is 0 Å². The van der Waals surface area contributed by atoms with Gasteiger partial charge in [-0.25, -0.2) is 0 Å². The van der Waals surface area contributed by atoms with Gasteiger partial charge in [-0.3, -0.25) is 9.69 Å². The molecule has 0 saturated heterocycles. The van der Waals surface area contributed by atoms with Crippen LogP contribution in [0.2, 0.25) is 0 Å². The van der Waals surface area contributed by atoms with Gasteiger partial charge in [-0.2, -0.15) is 0 Å². The Morgan fingerprint density at radius 2 is 1.53 bits per heavy atom. The van der Waals surface area contributed by atoms with Gasteiger partial charge in [-0.05, 0) is 24.3 Å². The van der Waals surface area contributed by atoms with Crippen molar-refractivity contribution >= 4 is 28.9 Å². The van der Waals surface area contributed by atoms with Crippen LogP contribution >= 0.6 is 11.6 Å². The highest BCUT2D eigenvalue weighted by atomic mass is 35.5. The van der Waals surface area contributed by atoms with Crippen molar-refractivity contribution in [1.29, 1.82) is 0 Å². The van der Waals surface area contributed by atoms with Crippen LogP contribution in [-0.2, 0) is 4.79 Å². The third-order valence-electron chi connectivity index (χ3n) is 2.99. The molecule has 0 unspecified atom stereocenters. The molecule has 0 fully saturated rings. The van der Waals surface area contributed by atoms with E-state index in [1.165, 1.54) is 0 Å². The molecule has 0 atom stereocenters. The summed E-state index contributed by atoms with van der Waals surface area (Å²) in [6.07, 6.45) is 0.296. The molecule has 2 aromatic carbocycles. The standard InChI is InChI=1S/C15H12ClNO2/c16-10-9-15(18)17-11-5-1-3-7-13(11)19-14-8-4-2-6-12(14)17/h1-8H,9-10H2. The molecule has 1 heterocycles. The zero-order chi connectivity index (χ0) is 13.2. The monoisotopic (exact) mass is 273 g/mol. The predicted octanol–water partition coefficient (Wildman–Crippen LogP) is 4.09. The van der Waals surface area contributed by atoms with Crippen LogP contribution in [-0.4, -0.2) is 11.8 Å². The third kappa shape index (κ3) is 2.06. The molecule has 1 aliphatic rings. The topological polar surface area (TPSA) is 29.5 Å². The number of rotatable bonds is 2. The van der Waals surface area contributed by atoms with Crippen LogP contribution in [0.4, 0.5) is 11.4 Å². The number of fused-ring (bicyclic) bond motifs is 2. The van der Waals surface area contributed by atoms with Crippen molar-refractivity contribution in [3.8, 4) is 11.5 Å². The number of hydrogen-bond donors (Lipinski definition) is 0. The second-order valence-corrected chi connectivity index (χ2v) is 4.58. The first-order chi connectivity index (χ1) is 9.31. The fourth-order valence-electron chi connectivity index (χ4n) is 2.17. The van der Waals surface area contributed by atoms with E-state index in [4.69, 9.17) is 16.3 Å². The molecule has 0 N–H and O–H groups in total. The fourth-order valence-corrected chi connectivity index (χ4v) is 2.33. The lowest BCUT2D eigenvalue weighted by Gasteiger charge is -2.30. The molecule has 4 heteroatoms. The van der Waals surface area contributed by atoms with E-state index in [0.29, 0.717) is 23.8 Å². The van der Waals surface area contributed by atoms with Gasteiger partial charge < -0.3 is 4.74 Å². The maximum atomic E-state index is 12.3. The Morgan fingerprint density at radius 3 is 2.05 bits per heavy atom. The van der Waals surface area contributed by atoms with Crippen molar-refractivity contribution in [3.05, 3.63) is 48.5 Å². The van der Waals surface area contributed by atoms with Crippen molar-refractivity contribution < 1.29 is 9.53 Å². The van der Waals surface area contributed by atoms with Crippen LogP contribution in [0.1, 0.15) is 6.42 Å². The summed E-state index contributed by atoms with van der Waals surface area (Å²) in [6.45, 7) is 0. The van der Waals surface area contributed by atoms with E-state index < -0.39 is 0 Å². The Bertz CT molecular complexity index is 582. The summed E-state index contributed by atoms with van der Waals surface area (Å²) in [5.74, 6) is 1.65. The summed E-state index contributed by atoms with van der Waals surface area (Å²) < 4.78 is 5.81. The molecule has 0 aromatic heterocycles. The van der Waals surface area contributed by atoms with E-state index in [1.54, 1.807) is 4.90 Å². The van der Waals surface area contributed by atoms with Gasteiger partial charge in [0, 0.05) is 12.3 Å². The average Bonchev–Trinajstić information content (AvgIpc) is 2.44. The molecule has 96 valence electrons. The molecule has 1 aliphatic heterocycles. The Hall–Kier alpha value is -2.00. The SMILES string of the molecule is O=C(CCCl)N1c2ccccc2Oc2ccccc21. The van der Waals surface area contributed by atoms with Gasteiger partial charge in [-0.15, -0.1) is 11.6 Å². The summed E-state index contributed by atoms with van der Waals surface area (Å²) in [5, 5.41) is 0. The van der Waals surface area contributed by atoms with E-state index in [-0.39, 0.29) is 5.91 Å². The van der Waals surface area contributed by atoms with Gasteiger partial charge in [0.15, 0.2) is 11.5 Å². The minimum atomic E-state index is -0.0294. The molecule has 0 aliphatic carbocycles. The number of nitrogens with zero attached hydrogens (tertiary/aromatic N) is 1. The normalized spacial score (nSPS) is 12.4. The molecule has 19 heavy (non-hydrogen) atoms. The molecular formula is C15H12ClNO2. The van der Waals surface area contributed by atoms with E-state index in [1.807, 2.05) is 48.5 Å². The largest absolute Gasteiger partial charge is 0.453 e. The second kappa shape index (κ2) is 4.94. The first-order valence-corrected chi connectivity index (χ1v) is 6.59. The number of amides is 1. The number of carbonyl (C=O) groups is 1. The molecule has 2 aromatic rings. The lowest BCUT2D eigenvalue weighted by molar-refractivity contribution is -0.117. The zero-order valence-electron chi connectivity index (χ0n) is 10.2. The molecule has 0 spiro atoms. The summed E-state index contributed by atoms with van der Waals surface area (Å²) in [4.78, 5) is 14.0. The summed E-state index contributed by atoms with van der Waals surface area (Å²) in [6, 6.07) is 15.0. The molecule has 1 amide bonds. The number of halogens is 1. The van der Waals surface area contributed by atoms with Crippen LogP contribution < -0.4 is 9.64 Å². The molecule has 3 rings (SSSR count). The van der Waals surface area contributed by atoms with E-state index >= 15 is 0 Å². The van der Waals surface area contributed by atoms with Crippen LogP contribution in [0.5, 0.6) is 11.5 Å². The molecule has 3 nitrogen and oxygen atoms in total. The maximum Gasteiger partial charge on any atom is 0.232 e. The first kappa shape index (κ1) is 12.1. The predicted molar refractivity (Wildman–Crippen MR) is 75.4 cm³/mol. The average molecular weight is 274 g/mol. The highest BCUT2D eigenvalue weighted by molar-refractivity contribution is 6.19. The van der Waals surface area contributed by atoms with Crippen LogP contribution in [0.25, 0.3) is 0 Å². The number of carbonyl (C=O) groups excluding carboxylic acids is 1. The van der Waals surface area contributed by atoms with Crippen molar-refractivity contribution in [2.75, 3.05) is 10.8 Å². The molecule has 0 radical (unpaired) electrons. The zero-order valence-corrected chi connectivity index (χ0v) is 10.9. The summed E-state index contributed by atoms with van der Waals surface area (Å²) in [7, 11) is 0. The van der Waals surface area contributed by atoms with Gasteiger partial charge in [0.2, 0.25) is 5.91 Å². The quantitative estimate of drug-likeness (QED) is 0.772. The Morgan fingerprint density at radius 1 is 1.00 bits per heavy atom. The van der Waals surface area contributed by atoms with E-state index in [2.05, 4.69) is 0 Å². The Balaban J connectivity index is 2.14. The number of anilines is 2. The van der Waals surface area contributed by atoms with Crippen molar-refractivity contribution in [2.24, 2.45) is 0 Å². The lowest BCUT2D eigenvalue weighted by atomic mass is 10.1. The van der Waals surface area contributed by atoms with E-state index in [9.17, 15) is 4.79 Å². The Labute approximate surface area is 116 Å². The van der Waals surface area contributed by atoms with Crippen LogP contribution in [0.15, 0.2) is 48.5 Å². The van der Waals surface area contributed by atoms with Crippen LogP contribution in [0, 0.1) is 0 Å². The third-order valence-corrected chi connectivity index (χ3v) is 3.18. The van der Waals surface area contributed by atoms with Gasteiger partial charge in [0.1, 0.15) is 0 Å². The van der Waals surface area contributed by atoms with Gasteiger partial charge in [0.25, 0.3) is 0 Å². The number of alkyl halides is 1. The molecular weight excluding hydrogens is 262 g/mol. The maximum absolute atomic E-state index is 12.3. The number of hydrogen-bond acceptors (Lipinski definition) is 2.